The topological polar surface area (TPSA) is 26.1 Å². The molecule has 1 aliphatic rings. The van der Waals surface area contributed by atoms with Gasteiger partial charge in [-0.1, -0.05) is 42.1 Å². The summed E-state index contributed by atoms with van der Waals surface area (Å²) in [6, 6.07) is 10.5. The van der Waals surface area contributed by atoms with Gasteiger partial charge in [0.2, 0.25) is 0 Å². The zero-order chi connectivity index (χ0) is 11.4. The minimum atomic E-state index is 0.249. The second-order valence-electron chi connectivity index (χ2n) is 3.94. The van der Waals surface area contributed by atoms with Gasteiger partial charge in [0.15, 0.2) is 18.1 Å². The molecular formula is C13H17NOS+. The fourth-order valence-electron chi connectivity index (χ4n) is 1.86. The molecule has 0 atom stereocenters. The Balaban J connectivity index is 2.02. The van der Waals surface area contributed by atoms with Crippen LogP contribution in [0, 0.1) is 0 Å². The van der Waals surface area contributed by atoms with Gasteiger partial charge in [-0.15, -0.1) is 4.90 Å². The molecule has 16 heavy (non-hydrogen) atoms. The molecular weight excluding hydrogens is 218 g/mol. The number of aliphatic hydroxyl groups excluding tert-OH is 1. The van der Waals surface area contributed by atoms with E-state index in [1.165, 1.54) is 16.2 Å². The quantitative estimate of drug-likeness (QED) is 0.812. The predicted molar refractivity (Wildman–Crippen MR) is 69.1 cm³/mol. The Hall–Kier alpha value is -0.770. The van der Waals surface area contributed by atoms with Crippen LogP contribution in [-0.4, -0.2) is 17.6 Å². The molecule has 0 fully saturated rings. The fourth-order valence-corrected chi connectivity index (χ4v) is 3.03. The van der Waals surface area contributed by atoms with Gasteiger partial charge in [-0.25, -0.2) is 0 Å². The van der Waals surface area contributed by atoms with Gasteiger partial charge in [0.05, 0.1) is 4.91 Å². The Morgan fingerprint density at radius 2 is 2.06 bits per heavy atom. The Morgan fingerprint density at radius 3 is 2.75 bits per heavy atom. The fraction of sp³-hybridized carbons (Fsp3) is 0.385. The van der Waals surface area contributed by atoms with Gasteiger partial charge in [0, 0.05) is 25.5 Å². The molecule has 85 valence electrons. The third-order valence-corrected chi connectivity index (χ3v) is 4.12. The summed E-state index contributed by atoms with van der Waals surface area (Å²) in [7, 11) is 0. The highest BCUT2D eigenvalue weighted by Crippen LogP contribution is 2.32. The van der Waals surface area contributed by atoms with Crippen LogP contribution >= 0.6 is 11.8 Å². The van der Waals surface area contributed by atoms with Crippen LogP contribution < -0.4 is 4.90 Å². The van der Waals surface area contributed by atoms with E-state index in [2.05, 4.69) is 36.1 Å². The average molecular weight is 235 g/mol. The molecule has 1 N–H and O–H groups in total. The number of rotatable bonds is 4. The normalized spacial score (nSPS) is 17.1. The SMILES string of the molecule is CC1=C(CCO)SC[N+]1Cc1ccccc1. The third kappa shape index (κ3) is 2.67. The highest BCUT2D eigenvalue weighted by atomic mass is 32.2. The Morgan fingerprint density at radius 1 is 1.31 bits per heavy atom. The van der Waals surface area contributed by atoms with Crippen molar-refractivity contribution in [2.45, 2.75) is 19.9 Å². The van der Waals surface area contributed by atoms with Crippen LogP contribution in [0.2, 0.25) is 0 Å². The molecule has 2 rings (SSSR count). The number of hydrogen-bond acceptors (Lipinski definition) is 3. The molecule has 0 aromatic heterocycles. The van der Waals surface area contributed by atoms with Gasteiger partial charge in [0.25, 0.3) is 0 Å². The van der Waals surface area contributed by atoms with Crippen LogP contribution in [0.25, 0.3) is 0 Å². The van der Waals surface area contributed by atoms with Crippen molar-refractivity contribution in [3.05, 3.63) is 46.5 Å². The van der Waals surface area contributed by atoms with Gasteiger partial charge in [-0.3, -0.25) is 0 Å². The van der Waals surface area contributed by atoms with E-state index in [1.54, 1.807) is 0 Å². The van der Waals surface area contributed by atoms with Crippen LogP contribution in [0.5, 0.6) is 0 Å². The maximum atomic E-state index is 8.95. The number of allylic oxidation sites excluding steroid dienone is 1. The first-order valence-corrected chi connectivity index (χ1v) is 6.52. The zero-order valence-corrected chi connectivity index (χ0v) is 10.3. The smallest absolute Gasteiger partial charge is 0.179 e. The summed E-state index contributed by atoms with van der Waals surface area (Å²) in [4.78, 5) is 3.70. The van der Waals surface area contributed by atoms with Crippen molar-refractivity contribution in [2.24, 2.45) is 0 Å². The first-order chi connectivity index (χ1) is 7.81. The molecule has 1 radical (unpaired) electrons. The van der Waals surface area contributed by atoms with Crippen molar-refractivity contribution in [1.82, 2.24) is 4.90 Å². The van der Waals surface area contributed by atoms with Gasteiger partial charge in [-0.2, -0.15) is 0 Å². The van der Waals surface area contributed by atoms with Crippen molar-refractivity contribution in [3.63, 3.8) is 0 Å². The molecule has 0 unspecified atom stereocenters. The van der Waals surface area contributed by atoms with Gasteiger partial charge in [-0.05, 0) is 0 Å². The molecule has 1 aromatic rings. The van der Waals surface area contributed by atoms with E-state index < -0.39 is 0 Å². The zero-order valence-electron chi connectivity index (χ0n) is 9.52. The number of hydrogen-bond donors (Lipinski definition) is 1. The van der Waals surface area contributed by atoms with Crippen molar-refractivity contribution >= 4 is 11.8 Å². The molecule has 1 heterocycles. The monoisotopic (exact) mass is 235 g/mol. The van der Waals surface area contributed by atoms with Crippen LogP contribution in [0.15, 0.2) is 40.9 Å². The van der Waals surface area contributed by atoms with E-state index in [0.29, 0.717) is 0 Å². The lowest BCUT2D eigenvalue weighted by Crippen LogP contribution is -2.23. The number of nitrogens with zero attached hydrogens (tertiary/aromatic N) is 1. The van der Waals surface area contributed by atoms with Crippen LogP contribution in [0.3, 0.4) is 0 Å². The highest BCUT2D eigenvalue weighted by Gasteiger charge is 2.29. The second-order valence-corrected chi connectivity index (χ2v) is 4.98. The standard InChI is InChI=1S/C13H17NOS/c1-11-13(7-8-15)16-10-14(11)9-12-5-3-2-4-6-12/h2-6,15H,7-10H2,1H3/q+1. The molecule has 0 amide bonds. The van der Waals surface area contributed by atoms with Gasteiger partial charge < -0.3 is 5.11 Å². The van der Waals surface area contributed by atoms with Crippen molar-refractivity contribution in [1.29, 1.82) is 0 Å². The van der Waals surface area contributed by atoms with E-state index in [-0.39, 0.29) is 6.61 Å². The largest absolute Gasteiger partial charge is 0.396 e. The van der Waals surface area contributed by atoms with Crippen molar-refractivity contribution in [2.75, 3.05) is 12.5 Å². The number of aliphatic hydroxyl groups is 1. The second kappa shape index (κ2) is 5.53. The molecule has 0 aliphatic carbocycles. The van der Waals surface area contributed by atoms with E-state index >= 15 is 0 Å². The van der Waals surface area contributed by atoms with Gasteiger partial charge in [0.1, 0.15) is 0 Å². The number of benzene rings is 1. The Bertz CT molecular complexity index is 375. The first kappa shape index (κ1) is 11.7. The van der Waals surface area contributed by atoms with Crippen molar-refractivity contribution in [3.8, 4) is 0 Å². The van der Waals surface area contributed by atoms with E-state index in [1.807, 2.05) is 17.8 Å². The first-order valence-electron chi connectivity index (χ1n) is 5.53. The summed E-state index contributed by atoms with van der Waals surface area (Å²) in [6.07, 6.45) is 0.793. The molecule has 1 aliphatic heterocycles. The summed E-state index contributed by atoms with van der Waals surface area (Å²) in [6.45, 7) is 3.36. The summed E-state index contributed by atoms with van der Waals surface area (Å²) >= 11 is 1.85. The number of thioether (sulfide) groups is 1. The van der Waals surface area contributed by atoms with E-state index in [0.717, 1.165) is 18.8 Å². The predicted octanol–water partition coefficient (Wildman–Crippen LogP) is 2.64. The maximum absolute atomic E-state index is 8.95. The minimum absolute atomic E-state index is 0.249. The Labute approximate surface area is 101 Å². The molecule has 1 aromatic carbocycles. The molecule has 0 saturated heterocycles. The van der Waals surface area contributed by atoms with E-state index in [4.69, 9.17) is 5.11 Å². The van der Waals surface area contributed by atoms with E-state index in [9.17, 15) is 0 Å². The van der Waals surface area contributed by atoms with Gasteiger partial charge >= 0.3 is 0 Å². The lowest BCUT2D eigenvalue weighted by atomic mass is 10.2. The molecule has 2 nitrogen and oxygen atoms in total. The van der Waals surface area contributed by atoms with Crippen LogP contribution in [0.1, 0.15) is 18.9 Å². The summed E-state index contributed by atoms with van der Waals surface area (Å²) in [5.41, 5.74) is 2.66. The molecule has 0 bridgehead atoms. The summed E-state index contributed by atoms with van der Waals surface area (Å²) < 4.78 is 0. The molecule has 0 saturated carbocycles. The van der Waals surface area contributed by atoms with Crippen LogP contribution in [-0.2, 0) is 6.54 Å². The third-order valence-electron chi connectivity index (χ3n) is 2.83. The lowest BCUT2D eigenvalue weighted by Gasteiger charge is -2.05. The van der Waals surface area contributed by atoms with Crippen LogP contribution in [0.4, 0.5) is 0 Å². The highest BCUT2D eigenvalue weighted by molar-refractivity contribution is 8.03. The summed E-state index contributed by atoms with van der Waals surface area (Å²) in [5.74, 6) is 1.01. The summed E-state index contributed by atoms with van der Waals surface area (Å²) in [5, 5.41) is 8.95. The Kier molecular flexibility index (Phi) is 4.04. The molecule has 3 heteroatoms. The lowest BCUT2D eigenvalue weighted by molar-refractivity contribution is 0.301. The minimum Gasteiger partial charge on any atom is -0.396 e. The average Bonchev–Trinajstić information content (AvgIpc) is 2.64. The maximum Gasteiger partial charge on any atom is 0.179 e. The van der Waals surface area contributed by atoms with Crippen molar-refractivity contribution < 1.29 is 5.11 Å². The molecule has 0 spiro atoms.